The molecule has 140 valence electrons. The van der Waals surface area contributed by atoms with Gasteiger partial charge in [-0.2, -0.15) is 5.10 Å². The van der Waals surface area contributed by atoms with E-state index in [9.17, 15) is 4.79 Å². The smallest absolute Gasteiger partial charge is 0.256 e. The predicted molar refractivity (Wildman–Crippen MR) is 94.5 cm³/mol. The van der Waals surface area contributed by atoms with Crippen molar-refractivity contribution < 1.29 is 13.9 Å². The normalized spacial score (nSPS) is 17.3. The second-order valence-corrected chi connectivity index (χ2v) is 6.49. The lowest BCUT2D eigenvalue weighted by Crippen LogP contribution is -2.43. The minimum atomic E-state index is -0.400. The Hall–Kier alpha value is -3.07. The molecule has 1 unspecified atom stereocenters. The van der Waals surface area contributed by atoms with Crippen molar-refractivity contribution in [3.8, 4) is 5.82 Å². The summed E-state index contributed by atoms with van der Waals surface area (Å²) >= 11 is 0. The van der Waals surface area contributed by atoms with E-state index in [1.807, 2.05) is 19.9 Å². The summed E-state index contributed by atoms with van der Waals surface area (Å²) < 4.78 is 12.8. The molecule has 0 aliphatic carbocycles. The fraction of sp³-hybridized carbons (Fsp3) is 0.389. The van der Waals surface area contributed by atoms with E-state index in [1.165, 1.54) is 0 Å². The van der Waals surface area contributed by atoms with Gasteiger partial charge in [-0.25, -0.2) is 9.67 Å². The fourth-order valence-corrected chi connectivity index (χ4v) is 3.16. The van der Waals surface area contributed by atoms with E-state index < -0.39 is 6.04 Å². The number of hydrogen-bond donors (Lipinski definition) is 0. The summed E-state index contributed by atoms with van der Waals surface area (Å²) in [6, 6.07) is 5.13. The summed E-state index contributed by atoms with van der Waals surface area (Å²) in [5.41, 5.74) is 2.39. The molecule has 0 radical (unpaired) electrons. The molecule has 4 heterocycles. The zero-order chi connectivity index (χ0) is 19.0. The van der Waals surface area contributed by atoms with E-state index >= 15 is 0 Å². The summed E-state index contributed by atoms with van der Waals surface area (Å²) in [5, 5.41) is 12.3. The number of carbonyl (C=O) groups is 1. The number of ether oxygens (including phenoxy) is 1. The molecule has 0 aromatic carbocycles. The first-order valence-electron chi connectivity index (χ1n) is 8.71. The third-order valence-electron chi connectivity index (χ3n) is 4.44. The van der Waals surface area contributed by atoms with Gasteiger partial charge in [0.2, 0.25) is 11.8 Å². The molecular formula is C18H20N6O3. The van der Waals surface area contributed by atoms with Crippen molar-refractivity contribution in [2.24, 2.45) is 0 Å². The Balaban J connectivity index is 1.58. The summed E-state index contributed by atoms with van der Waals surface area (Å²) in [7, 11) is 0. The van der Waals surface area contributed by atoms with Crippen molar-refractivity contribution in [2.45, 2.75) is 26.8 Å². The van der Waals surface area contributed by atoms with Gasteiger partial charge in [0.25, 0.3) is 5.91 Å². The van der Waals surface area contributed by atoms with Crippen molar-refractivity contribution in [3.63, 3.8) is 0 Å². The molecule has 0 N–H and O–H groups in total. The molecule has 1 aliphatic heterocycles. The predicted octanol–water partition coefficient (Wildman–Crippen LogP) is 1.79. The molecule has 0 spiro atoms. The Morgan fingerprint density at radius 3 is 2.70 bits per heavy atom. The number of carbonyl (C=O) groups excluding carboxylic acids is 1. The van der Waals surface area contributed by atoms with Crippen LogP contribution in [-0.2, 0) is 4.74 Å². The summed E-state index contributed by atoms with van der Waals surface area (Å²) in [6.45, 7) is 6.85. The molecule has 1 saturated heterocycles. The number of morpholine rings is 1. The number of hydrogen-bond acceptors (Lipinski definition) is 7. The molecule has 1 atom stereocenters. The first kappa shape index (κ1) is 17.3. The third-order valence-corrected chi connectivity index (χ3v) is 4.44. The summed E-state index contributed by atoms with van der Waals surface area (Å²) in [5.74, 6) is 1.36. The van der Waals surface area contributed by atoms with Gasteiger partial charge in [0, 0.05) is 25.4 Å². The van der Waals surface area contributed by atoms with Gasteiger partial charge < -0.3 is 14.1 Å². The van der Waals surface area contributed by atoms with Crippen LogP contribution < -0.4 is 0 Å². The van der Waals surface area contributed by atoms with Gasteiger partial charge in [-0.1, -0.05) is 0 Å². The minimum absolute atomic E-state index is 0.147. The van der Waals surface area contributed by atoms with E-state index in [1.54, 1.807) is 34.8 Å². The molecule has 27 heavy (non-hydrogen) atoms. The molecule has 1 amide bonds. The number of nitrogens with zero attached hydrogens (tertiary/aromatic N) is 6. The maximum absolute atomic E-state index is 13.0. The van der Waals surface area contributed by atoms with Crippen LogP contribution >= 0.6 is 0 Å². The lowest BCUT2D eigenvalue weighted by molar-refractivity contribution is -0.0106. The highest BCUT2D eigenvalue weighted by atomic mass is 16.5. The van der Waals surface area contributed by atoms with E-state index in [0.29, 0.717) is 42.9 Å². The van der Waals surface area contributed by atoms with E-state index in [0.717, 1.165) is 11.4 Å². The highest BCUT2D eigenvalue weighted by Crippen LogP contribution is 2.25. The van der Waals surface area contributed by atoms with Crippen LogP contribution in [0.4, 0.5) is 0 Å². The summed E-state index contributed by atoms with van der Waals surface area (Å²) in [4.78, 5) is 19.1. The molecule has 9 heteroatoms. The maximum atomic E-state index is 13.0. The molecule has 4 rings (SSSR count). The Morgan fingerprint density at radius 2 is 2.07 bits per heavy atom. The van der Waals surface area contributed by atoms with E-state index in [-0.39, 0.29) is 5.91 Å². The first-order chi connectivity index (χ1) is 13.0. The van der Waals surface area contributed by atoms with Crippen molar-refractivity contribution >= 4 is 5.91 Å². The van der Waals surface area contributed by atoms with Crippen molar-refractivity contribution in [2.75, 3.05) is 19.8 Å². The van der Waals surface area contributed by atoms with Gasteiger partial charge in [-0.05, 0) is 32.0 Å². The Labute approximate surface area is 156 Å². The number of amides is 1. The van der Waals surface area contributed by atoms with Crippen LogP contribution in [0.2, 0.25) is 0 Å². The maximum Gasteiger partial charge on any atom is 0.256 e. The van der Waals surface area contributed by atoms with E-state index in [4.69, 9.17) is 9.15 Å². The first-order valence-corrected chi connectivity index (χ1v) is 8.71. The average molecular weight is 368 g/mol. The van der Waals surface area contributed by atoms with E-state index in [2.05, 4.69) is 20.3 Å². The van der Waals surface area contributed by atoms with Crippen LogP contribution in [0.3, 0.4) is 0 Å². The zero-order valence-corrected chi connectivity index (χ0v) is 15.4. The highest BCUT2D eigenvalue weighted by Gasteiger charge is 2.33. The second kappa shape index (κ2) is 6.92. The number of pyridine rings is 1. The van der Waals surface area contributed by atoms with Crippen molar-refractivity contribution in [1.82, 2.24) is 29.9 Å². The van der Waals surface area contributed by atoms with Crippen molar-refractivity contribution in [1.29, 1.82) is 0 Å². The third kappa shape index (κ3) is 3.33. The fourth-order valence-electron chi connectivity index (χ4n) is 3.16. The Bertz CT molecular complexity index is 962. The molecule has 0 bridgehead atoms. The lowest BCUT2D eigenvalue weighted by Gasteiger charge is -2.33. The van der Waals surface area contributed by atoms with Crippen LogP contribution in [-0.4, -0.2) is 55.5 Å². The summed E-state index contributed by atoms with van der Waals surface area (Å²) in [6.07, 6.45) is 1.57. The van der Waals surface area contributed by atoms with Gasteiger partial charge in [-0.3, -0.25) is 4.79 Å². The van der Waals surface area contributed by atoms with Gasteiger partial charge in [-0.15, -0.1) is 10.2 Å². The zero-order valence-electron chi connectivity index (χ0n) is 15.4. The van der Waals surface area contributed by atoms with Crippen LogP contribution in [0, 0.1) is 20.8 Å². The molecular weight excluding hydrogens is 348 g/mol. The SMILES string of the molecule is Cc1cc(C)n(-c2ccc(C(=O)N3CCOCC3c3nnc(C)o3)cn2)n1. The number of aromatic nitrogens is 5. The van der Waals surface area contributed by atoms with Crippen LogP contribution in [0.15, 0.2) is 28.8 Å². The minimum Gasteiger partial charge on any atom is -0.423 e. The Kier molecular flexibility index (Phi) is 4.44. The second-order valence-electron chi connectivity index (χ2n) is 6.49. The molecule has 1 aliphatic rings. The Morgan fingerprint density at radius 1 is 1.22 bits per heavy atom. The highest BCUT2D eigenvalue weighted by molar-refractivity contribution is 5.94. The van der Waals surface area contributed by atoms with Crippen LogP contribution in [0.25, 0.3) is 5.82 Å². The molecule has 0 saturated carbocycles. The molecule has 3 aromatic rings. The molecule has 9 nitrogen and oxygen atoms in total. The van der Waals surface area contributed by atoms with Crippen molar-refractivity contribution in [3.05, 3.63) is 53.1 Å². The quantitative estimate of drug-likeness (QED) is 0.695. The largest absolute Gasteiger partial charge is 0.423 e. The van der Waals surface area contributed by atoms with Crippen LogP contribution in [0.5, 0.6) is 0 Å². The number of aryl methyl sites for hydroxylation is 3. The van der Waals surface area contributed by atoms with Gasteiger partial charge >= 0.3 is 0 Å². The number of rotatable bonds is 3. The van der Waals surface area contributed by atoms with Gasteiger partial charge in [0.1, 0.15) is 6.04 Å². The molecule has 1 fully saturated rings. The van der Waals surface area contributed by atoms with Gasteiger partial charge in [0.05, 0.1) is 24.5 Å². The average Bonchev–Trinajstić information content (AvgIpc) is 3.26. The van der Waals surface area contributed by atoms with Gasteiger partial charge in [0.15, 0.2) is 5.82 Å². The topological polar surface area (TPSA) is 99.2 Å². The van der Waals surface area contributed by atoms with Crippen LogP contribution in [0.1, 0.15) is 39.6 Å². The standard InChI is InChI=1S/C18H20N6O3/c1-11-8-12(2)24(22-11)16-5-4-14(9-19-16)18(25)23-6-7-26-10-15(23)17-21-20-13(3)27-17/h4-5,8-9,15H,6-7,10H2,1-3H3. The lowest BCUT2D eigenvalue weighted by atomic mass is 10.1. The molecule has 3 aromatic heterocycles. The monoisotopic (exact) mass is 368 g/mol.